The topological polar surface area (TPSA) is 40.5 Å². The highest BCUT2D eigenvalue weighted by atomic mass is 32.2. The summed E-state index contributed by atoms with van der Waals surface area (Å²) in [4.78, 5) is 0.524. The van der Waals surface area contributed by atoms with Crippen molar-refractivity contribution in [2.24, 2.45) is 0 Å². The van der Waals surface area contributed by atoms with Crippen LogP contribution in [0.1, 0.15) is 0 Å². The van der Waals surface area contributed by atoms with E-state index in [1.807, 2.05) is 0 Å². The van der Waals surface area contributed by atoms with Crippen LogP contribution in [0.5, 0.6) is 0 Å². The second-order valence-corrected chi connectivity index (χ2v) is 3.82. The lowest BCUT2D eigenvalue weighted by Gasteiger charge is -2.06. The molecule has 0 bridgehead atoms. The molecule has 0 heterocycles. The Balaban J connectivity index is 2.55. The van der Waals surface area contributed by atoms with Gasteiger partial charge < -0.3 is 10.2 Å². The average molecular weight is 220 g/mol. The zero-order valence-corrected chi connectivity index (χ0v) is 8.10. The highest BCUT2D eigenvalue weighted by Crippen LogP contribution is 2.20. The highest BCUT2D eigenvalue weighted by Gasteiger charge is 2.06. The van der Waals surface area contributed by atoms with Crippen LogP contribution in [0.2, 0.25) is 0 Å². The molecule has 0 saturated carbocycles. The lowest BCUT2D eigenvalue weighted by Crippen LogP contribution is -2.14. The van der Waals surface area contributed by atoms with E-state index in [1.54, 1.807) is 0 Å². The van der Waals surface area contributed by atoms with Gasteiger partial charge in [0.25, 0.3) is 0 Å². The molecule has 2 N–H and O–H groups in total. The number of rotatable bonds is 4. The van der Waals surface area contributed by atoms with Crippen LogP contribution in [0, 0.1) is 11.6 Å². The molecule has 1 aromatic rings. The molecule has 0 fully saturated rings. The van der Waals surface area contributed by atoms with Crippen molar-refractivity contribution in [1.82, 2.24) is 0 Å². The second kappa shape index (κ2) is 5.29. The predicted octanol–water partition coefficient (Wildman–Crippen LogP) is 1.41. The molecule has 0 aliphatic rings. The van der Waals surface area contributed by atoms with Gasteiger partial charge in [0.15, 0.2) is 11.6 Å². The Morgan fingerprint density at radius 1 is 1.29 bits per heavy atom. The maximum Gasteiger partial charge on any atom is 0.159 e. The summed E-state index contributed by atoms with van der Waals surface area (Å²) in [6, 6.07) is 3.51. The summed E-state index contributed by atoms with van der Waals surface area (Å²) < 4.78 is 25.2. The zero-order valence-electron chi connectivity index (χ0n) is 7.28. The molecule has 1 aromatic carbocycles. The van der Waals surface area contributed by atoms with Gasteiger partial charge in [-0.3, -0.25) is 0 Å². The van der Waals surface area contributed by atoms with Gasteiger partial charge in [-0.1, -0.05) is 0 Å². The number of halogens is 2. The minimum Gasteiger partial charge on any atom is -0.394 e. The molecule has 0 spiro atoms. The Bertz CT molecular complexity index is 307. The smallest absolute Gasteiger partial charge is 0.159 e. The fourth-order valence-corrected chi connectivity index (χ4v) is 1.65. The lowest BCUT2D eigenvalue weighted by atomic mass is 10.3. The third-order valence-electron chi connectivity index (χ3n) is 1.54. The van der Waals surface area contributed by atoms with Crippen molar-refractivity contribution in [3.05, 3.63) is 29.8 Å². The van der Waals surface area contributed by atoms with Crippen molar-refractivity contribution in [2.75, 3.05) is 12.4 Å². The molecule has 0 aliphatic heterocycles. The third kappa shape index (κ3) is 3.25. The summed E-state index contributed by atoms with van der Waals surface area (Å²) in [5, 5.41) is 17.5. The molecule has 2 nitrogen and oxygen atoms in total. The highest BCUT2D eigenvalue weighted by molar-refractivity contribution is 7.99. The van der Waals surface area contributed by atoms with E-state index < -0.39 is 17.7 Å². The van der Waals surface area contributed by atoms with Gasteiger partial charge in [-0.2, -0.15) is 0 Å². The third-order valence-corrected chi connectivity index (χ3v) is 2.68. The summed E-state index contributed by atoms with van der Waals surface area (Å²) in [6.45, 7) is -0.337. The van der Waals surface area contributed by atoms with Gasteiger partial charge in [-0.05, 0) is 18.2 Å². The number of aliphatic hydroxyl groups excluding tert-OH is 2. The summed E-state index contributed by atoms with van der Waals surface area (Å²) in [5.74, 6) is -1.55. The molecule has 14 heavy (non-hydrogen) atoms. The van der Waals surface area contributed by atoms with E-state index in [0.717, 1.165) is 23.9 Å². The van der Waals surface area contributed by atoms with Gasteiger partial charge in [0.1, 0.15) is 0 Å². The first kappa shape index (κ1) is 11.4. The molecule has 0 aliphatic carbocycles. The molecule has 1 atom stereocenters. The van der Waals surface area contributed by atoms with E-state index in [4.69, 9.17) is 10.2 Å². The number of aliphatic hydroxyl groups is 2. The van der Waals surface area contributed by atoms with Gasteiger partial charge >= 0.3 is 0 Å². The molecular weight excluding hydrogens is 210 g/mol. The van der Waals surface area contributed by atoms with E-state index in [2.05, 4.69) is 0 Å². The monoisotopic (exact) mass is 220 g/mol. The minimum atomic E-state index is -0.909. The Hall–Kier alpha value is -0.650. The largest absolute Gasteiger partial charge is 0.394 e. The first-order valence-corrected chi connectivity index (χ1v) is 4.99. The van der Waals surface area contributed by atoms with Crippen LogP contribution in [-0.2, 0) is 0 Å². The second-order valence-electron chi connectivity index (χ2n) is 2.72. The van der Waals surface area contributed by atoms with Crippen molar-refractivity contribution < 1.29 is 19.0 Å². The van der Waals surface area contributed by atoms with Crippen LogP contribution in [0.15, 0.2) is 23.1 Å². The molecule has 0 amide bonds. The Labute approximate surface area is 84.6 Å². The first-order chi connectivity index (χ1) is 6.63. The summed E-state index contributed by atoms with van der Waals surface area (Å²) >= 11 is 1.16. The van der Waals surface area contributed by atoms with E-state index in [-0.39, 0.29) is 12.4 Å². The summed E-state index contributed by atoms with van der Waals surface area (Å²) in [7, 11) is 0. The van der Waals surface area contributed by atoms with Crippen LogP contribution < -0.4 is 0 Å². The van der Waals surface area contributed by atoms with Gasteiger partial charge in [0.05, 0.1) is 12.7 Å². The van der Waals surface area contributed by atoms with Gasteiger partial charge in [-0.15, -0.1) is 11.8 Å². The van der Waals surface area contributed by atoms with Crippen molar-refractivity contribution in [3.8, 4) is 0 Å². The van der Waals surface area contributed by atoms with E-state index in [1.165, 1.54) is 6.07 Å². The Kier molecular flexibility index (Phi) is 4.31. The van der Waals surface area contributed by atoms with Crippen molar-refractivity contribution in [2.45, 2.75) is 11.0 Å². The molecule has 1 unspecified atom stereocenters. The molecular formula is C9H10F2O2S. The van der Waals surface area contributed by atoms with Crippen LogP contribution in [-0.4, -0.2) is 28.7 Å². The zero-order chi connectivity index (χ0) is 10.6. The molecule has 78 valence electrons. The number of thioether (sulfide) groups is 1. The minimum absolute atomic E-state index is 0.252. The van der Waals surface area contributed by atoms with E-state index >= 15 is 0 Å². The fraction of sp³-hybridized carbons (Fsp3) is 0.333. The number of benzene rings is 1. The number of hydrogen-bond donors (Lipinski definition) is 2. The first-order valence-electron chi connectivity index (χ1n) is 4.00. The average Bonchev–Trinajstić information content (AvgIpc) is 2.19. The molecule has 0 radical (unpaired) electrons. The Morgan fingerprint density at radius 3 is 2.57 bits per heavy atom. The van der Waals surface area contributed by atoms with Crippen molar-refractivity contribution in [1.29, 1.82) is 0 Å². The predicted molar refractivity (Wildman–Crippen MR) is 50.2 cm³/mol. The fourth-order valence-electron chi connectivity index (χ4n) is 0.812. The lowest BCUT2D eigenvalue weighted by molar-refractivity contribution is 0.113. The van der Waals surface area contributed by atoms with Crippen LogP contribution in [0.4, 0.5) is 8.78 Å². The molecule has 5 heteroatoms. The molecule has 0 saturated heterocycles. The summed E-state index contributed by atoms with van der Waals surface area (Å²) in [5.41, 5.74) is 0. The van der Waals surface area contributed by atoms with E-state index in [9.17, 15) is 8.78 Å². The maximum atomic E-state index is 12.7. The van der Waals surface area contributed by atoms with Gasteiger partial charge in [0.2, 0.25) is 0 Å². The molecule has 1 rings (SSSR count). The van der Waals surface area contributed by atoms with Crippen LogP contribution >= 0.6 is 11.8 Å². The normalized spacial score (nSPS) is 12.9. The van der Waals surface area contributed by atoms with Crippen LogP contribution in [0.25, 0.3) is 0 Å². The van der Waals surface area contributed by atoms with Crippen LogP contribution in [0.3, 0.4) is 0 Å². The number of hydrogen-bond acceptors (Lipinski definition) is 3. The standard InChI is InChI=1S/C9H10F2O2S/c10-8-2-1-7(3-9(8)11)14-5-6(13)4-12/h1-3,6,12-13H,4-5H2. The van der Waals surface area contributed by atoms with E-state index in [0.29, 0.717) is 4.90 Å². The van der Waals surface area contributed by atoms with Crippen molar-refractivity contribution >= 4 is 11.8 Å². The van der Waals surface area contributed by atoms with Crippen molar-refractivity contribution in [3.63, 3.8) is 0 Å². The quantitative estimate of drug-likeness (QED) is 0.754. The maximum absolute atomic E-state index is 12.7. The van der Waals surface area contributed by atoms with Gasteiger partial charge in [0, 0.05) is 10.6 Å². The van der Waals surface area contributed by atoms with Gasteiger partial charge in [-0.25, -0.2) is 8.78 Å². The molecule has 0 aromatic heterocycles. The summed E-state index contributed by atoms with van der Waals surface area (Å²) in [6.07, 6.45) is -0.840. The Morgan fingerprint density at radius 2 is 2.00 bits per heavy atom. The SMILES string of the molecule is OCC(O)CSc1ccc(F)c(F)c1.